The van der Waals surface area contributed by atoms with Crippen LogP contribution in [-0.4, -0.2) is 36.6 Å². The number of hydrogen-bond acceptors (Lipinski definition) is 5. The Kier molecular flexibility index (Phi) is 7.45. The van der Waals surface area contributed by atoms with E-state index in [2.05, 4.69) is 15.6 Å². The largest absolute Gasteiger partial charge is 0.379 e. The van der Waals surface area contributed by atoms with Crippen molar-refractivity contribution in [2.75, 3.05) is 19.0 Å². The third-order valence-electron chi connectivity index (χ3n) is 4.90. The number of carbonyl (C=O) groups is 2. The molecule has 1 aliphatic rings. The molecule has 1 aromatic carbocycles. The third-order valence-corrected chi connectivity index (χ3v) is 5.91. The fraction of sp³-hybridized carbons (Fsp3) is 0.381. The molecule has 2 aromatic rings. The van der Waals surface area contributed by atoms with Crippen LogP contribution in [0.25, 0.3) is 0 Å². The summed E-state index contributed by atoms with van der Waals surface area (Å²) in [5.41, 5.74) is 0.582. The Bertz CT molecular complexity index is 777. The van der Waals surface area contributed by atoms with E-state index in [-0.39, 0.29) is 6.10 Å². The highest BCUT2D eigenvalue weighted by atomic mass is 32.2. The molecule has 0 aliphatic heterocycles. The van der Waals surface area contributed by atoms with E-state index in [1.165, 1.54) is 12.8 Å². The van der Waals surface area contributed by atoms with Crippen molar-refractivity contribution in [1.29, 1.82) is 0 Å². The molecule has 3 rings (SSSR count). The van der Waals surface area contributed by atoms with Gasteiger partial charge in [-0.15, -0.1) is 0 Å². The first-order valence-electron chi connectivity index (χ1n) is 9.45. The van der Waals surface area contributed by atoms with Gasteiger partial charge in [0, 0.05) is 41.5 Å². The first-order chi connectivity index (χ1) is 13.7. The first kappa shape index (κ1) is 20.4. The second kappa shape index (κ2) is 10.2. The van der Waals surface area contributed by atoms with Gasteiger partial charge in [0.15, 0.2) is 0 Å². The van der Waals surface area contributed by atoms with Gasteiger partial charge in [-0.3, -0.25) is 14.6 Å². The topological polar surface area (TPSA) is 80.3 Å². The Labute approximate surface area is 169 Å². The van der Waals surface area contributed by atoms with Gasteiger partial charge in [-0.05, 0) is 55.2 Å². The van der Waals surface area contributed by atoms with Gasteiger partial charge in [-0.25, -0.2) is 0 Å². The Balaban J connectivity index is 1.47. The second-order valence-corrected chi connectivity index (χ2v) is 7.94. The van der Waals surface area contributed by atoms with Crippen LogP contribution in [-0.2, 0) is 14.3 Å². The van der Waals surface area contributed by atoms with E-state index in [0.717, 1.165) is 22.6 Å². The summed E-state index contributed by atoms with van der Waals surface area (Å²) in [6.07, 6.45) is 8.09. The summed E-state index contributed by atoms with van der Waals surface area (Å²) in [6.45, 7) is 0.356. The number of anilines is 1. The summed E-state index contributed by atoms with van der Waals surface area (Å²) in [7, 11) is 1.65. The summed E-state index contributed by atoms with van der Waals surface area (Å²) in [4.78, 5) is 30.4. The number of ether oxygens (including phenoxy) is 1. The number of nitrogens with zero attached hydrogens (tertiary/aromatic N) is 1. The highest BCUT2D eigenvalue weighted by molar-refractivity contribution is 7.99. The van der Waals surface area contributed by atoms with Gasteiger partial charge in [0.05, 0.1) is 6.10 Å². The Morgan fingerprint density at radius 1 is 1.07 bits per heavy atom. The average Bonchev–Trinajstić information content (AvgIpc) is 3.25. The predicted molar refractivity (Wildman–Crippen MR) is 109 cm³/mol. The number of hydrogen-bond donors (Lipinski definition) is 2. The zero-order valence-corrected chi connectivity index (χ0v) is 16.7. The zero-order chi connectivity index (χ0) is 19.8. The summed E-state index contributed by atoms with van der Waals surface area (Å²) in [5, 5.41) is 5.32. The van der Waals surface area contributed by atoms with Crippen LogP contribution in [0.4, 0.5) is 5.69 Å². The Morgan fingerprint density at radius 3 is 2.36 bits per heavy atom. The molecule has 148 valence electrons. The van der Waals surface area contributed by atoms with E-state index in [1.54, 1.807) is 43.4 Å². The predicted octanol–water partition coefficient (Wildman–Crippen LogP) is 3.49. The molecular formula is C21H25N3O3S. The van der Waals surface area contributed by atoms with Crippen molar-refractivity contribution in [1.82, 2.24) is 10.3 Å². The Hall–Kier alpha value is -2.38. The minimum Gasteiger partial charge on any atom is -0.379 e. The Morgan fingerprint density at radius 2 is 1.71 bits per heavy atom. The number of rotatable bonds is 7. The van der Waals surface area contributed by atoms with Crippen molar-refractivity contribution < 1.29 is 14.3 Å². The molecule has 0 radical (unpaired) electrons. The molecule has 0 bridgehead atoms. The molecular weight excluding hydrogens is 374 g/mol. The number of nitrogens with one attached hydrogen (secondary N) is 2. The van der Waals surface area contributed by atoms with Crippen molar-refractivity contribution >= 4 is 29.3 Å². The summed E-state index contributed by atoms with van der Waals surface area (Å²) in [5.74, 6) is -0.857. The van der Waals surface area contributed by atoms with Gasteiger partial charge >= 0.3 is 11.8 Å². The van der Waals surface area contributed by atoms with Crippen molar-refractivity contribution in [3.63, 3.8) is 0 Å². The van der Waals surface area contributed by atoms with E-state index in [1.807, 2.05) is 24.3 Å². The van der Waals surface area contributed by atoms with E-state index < -0.39 is 11.8 Å². The molecule has 7 heteroatoms. The average molecular weight is 400 g/mol. The zero-order valence-electron chi connectivity index (χ0n) is 15.9. The van der Waals surface area contributed by atoms with Gasteiger partial charge < -0.3 is 15.4 Å². The summed E-state index contributed by atoms with van der Waals surface area (Å²) in [6, 6.07) is 11.2. The summed E-state index contributed by atoms with van der Waals surface area (Å²) >= 11 is 1.60. The van der Waals surface area contributed by atoms with Crippen LogP contribution in [0.3, 0.4) is 0 Å². The fourth-order valence-electron chi connectivity index (χ4n) is 3.38. The first-order valence-corrected chi connectivity index (χ1v) is 10.3. The van der Waals surface area contributed by atoms with Gasteiger partial charge in [0.2, 0.25) is 0 Å². The molecule has 0 spiro atoms. The molecule has 2 amide bonds. The van der Waals surface area contributed by atoms with E-state index >= 15 is 0 Å². The maximum Gasteiger partial charge on any atom is 0.313 e. The summed E-state index contributed by atoms with van der Waals surface area (Å²) < 4.78 is 5.49. The maximum absolute atomic E-state index is 12.1. The lowest BCUT2D eigenvalue weighted by atomic mass is 10.0. The molecule has 2 N–H and O–H groups in total. The minimum absolute atomic E-state index is 0.0382. The molecule has 1 heterocycles. The van der Waals surface area contributed by atoms with Gasteiger partial charge in [0.25, 0.3) is 0 Å². The number of carbonyl (C=O) groups excluding carboxylic acids is 2. The lowest BCUT2D eigenvalue weighted by Crippen LogP contribution is -2.42. The van der Waals surface area contributed by atoms with Crippen LogP contribution in [0.2, 0.25) is 0 Å². The van der Waals surface area contributed by atoms with E-state index in [0.29, 0.717) is 18.2 Å². The van der Waals surface area contributed by atoms with E-state index in [4.69, 9.17) is 4.74 Å². The second-order valence-electron chi connectivity index (χ2n) is 6.79. The van der Waals surface area contributed by atoms with Crippen molar-refractivity contribution in [2.45, 2.75) is 41.6 Å². The highest BCUT2D eigenvalue weighted by Gasteiger charge is 2.26. The molecule has 1 aromatic heterocycles. The number of methoxy groups -OCH3 is 1. The molecule has 0 saturated heterocycles. The van der Waals surface area contributed by atoms with Gasteiger partial charge in [0.1, 0.15) is 0 Å². The molecule has 1 atom stereocenters. The number of pyridine rings is 1. The SMILES string of the molecule is COC(CNC(=O)C(=O)Nc1ccc(Sc2ccncc2)cc1)C1CCCC1. The normalized spacial score (nSPS) is 15.2. The molecule has 6 nitrogen and oxygen atoms in total. The number of amides is 2. The lowest BCUT2D eigenvalue weighted by molar-refractivity contribution is -0.136. The van der Waals surface area contributed by atoms with Crippen LogP contribution in [0.15, 0.2) is 58.6 Å². The molecule has 1 unspecified atom stereocenters. The maximum atomic E-state index is 12.1. The number of benzene rings is 1. The lowest BCUT2D eigenvalue weighted by Gasteiger charge is -2.22. The van der Waals surface area contributed by atoms with Crippen molar-refractivity contribution in [3.05, 3.63) is 48.8 Å². The quantitative estimate of drug-likeness (QED) is 0.697. The fourth-order valence-corrected chi connectivity index (χ4v) is 4.18. The van der Waals surface area contributed by atoms with Crippen molar-refractivity contribution in [3.8, 4) is 0 Å². The molecule has 28 heavy (non-hydrogen) atoms. The number of aromatic nitrogens is 1. The van der Waals surface area contributed by atoms with Gasteiger partial charge in [-0.1, -0.05) is 24.6 Å². The third kappa shape index (κ3) is 5.81. The van der Waals surface area contributed by atoms with Gasteiger partial charge in [-0.2, -0.15) is 0 Å². The molecule has 1 aliphatic carbocycles. The monoisotopic (exact) mass is 399 g/mol. The molecule has 1 fully saturated rings. The highest BCUT2D eigenvalue weighted by Crippen LogP contribution is 2.29. The smallest absolute Gasteiger partial charge is 0.313 e. The van der Waals surface area contributed by atoms with Crippen LogP contribution in [0.1, 0.15) is 25.7 Å². The molecule has 1 saturated carbocycles. The van der Waals surface area contributed by atoms with Crippen LogP contribution in [0.5, 0.6) is 0 Å². The van der Waals surface area contributed by atoms with E-state index in [9.17, 15) is 9.59 Å². The van der Waals surface area contributed by atoms with Crippen LogP contribution < -0.4 is 10.6 Å². The van der Waals surface area contributed by atoms with Crippen molar-refractivity contribution in [2.24, 2.45) is 5.92 Å². The van der Waals surface area contributed by atoms with Crippen LogP contribution >= 0.6 is 11.8 Å². The van der Waals surface area contributed by atoms with Crippen LogP contribution in [0, 0.1) is 5.92 Å². The minimum atomic E-state index is -0.671. The standard InChI is InChI=1S/C21H25N3O3S/c1-27-19(15-4-2-3-5-15)14-23-20(25)21(26)24-16-6-8-17(9-7-16)28-18-10-12-22-13-11-18/h6-13,15,19H,2-5,14H2,1H3,(H,23,25)(H,24,26).